The van der Waals surface area contributed by atoms with Crippen LogP contribution in [0.4, 0.5) is 0 Å². The molecule has 4 heteroatoms. The Morgan fingerprint density at radius 1 is 1.15 bits per heavy atom. The highest BCUT2D eigenvalue weighted by Crippen LogP contribution is 2.32. The number of nitrogens with zero attached hydrogens (tertiary/aromatic N) is 2. The fourth-order valence-corrected chi connectivity index (χ4v) is 1.90. The van der Waals surface area contributed by atoms with E-state index in [-0.39, 0.29) is 0 Å². The van der Waals surface area contributed by atoms with E-state index >= 15 is 0 Å². The summed E-state index contributed by atoms with van der Waals surface area (Å²) in [5.74, 6) is 1.26. The Hall–Kier alpha value is -2.80. The number of ether oxygens (including phenoxy) is 2. The number of benzene rings is 1. The van der Waals surface area contributed by atoms with Crippen molar-refractivity contribution in [1.29, 1.82) is 5.26 Å². The molecule has 1 aromatic heterocycles. The van der Waals surface area contributed by atoms with E-state index < -0.39 is 0 Å². The van der Waals surface area contributed by atoms with Gasteiger partial charge in [-0.05, 0) is 29.8 Å². The van der Waals surface area contributed by atoms with Gasteiger partial charge in [-0.15, -0.1) is 0 Å². The molecule has 0 radical (unpaired) electrons. The van der Waals surface area contributed by atoms with Crippen LogP contribution < -0.4 is 9.47 Å². The summed E-state index contributed by atoms with van der Waals surface area (Å²) in [5.41, 5.74) is 2.33. The van der Waals surface area contributed by atoms with Crippen LogP contribution in [-0.2, 0) is 0 Å². The van der Waals surface area contributed by atoms with Gasteiger partial charge in [0, 0.05) is 17.8 Å². The molecule has 0 atom stereocenters. The molecule has 0 unspecified atom stereocenters. The average molecular weight is 266 g/mol. The van der Waals surface area contributed by atoms with Gasteiger partial charge < -0.3 is 9.47 Å². The standard InChI is InChI=1S/C16H14N2O2/c1-19-15-7-6-12(11-16(15)20-2)13(8-9-17)14-5-3-4-10-18-14/h3-8,10-11H,1-2H3. The van der Waals surface area contributed by atoms with Gasteiger partial charge >= 0.3 is 0 Å². The first-order valence-electron chi connectivity index (χ1n) is 6.03. The lowest BCUT2D eigenvalue weighted by molar-refractivity contribution is 0.355. The van der Waals surface area contributed by atoms with Crippen molar-refractivity contribution in [3.05, 3.63) is 59.9 Å². The highest BCUT2D eigenvalue weighted by Gasteiger charge is 2.10. The highest BCUT2D eigenvalue weighted by atomic mass is 16.5. The van der Waals surface area contributed by atoms with Crippen LogP contribution in [0.25, 0.3) is 5.57 Å². The molecule has 0 bridgehead atoms. The van der Waals surface area contributed by atoms with Crippen molar-refractivity contribution >= 4 is 5.57 Å². The first-order valence-corrected chi connectivity index (χ1v) is 6.03. The van der Waals surface area contributed by atoms with Crippen molar-refractivity contribution < 1.29 is 9.47 Å². The smallest absolute Gasteiger partial charge is 0.161 e. The summed E-state index contributed by atoms with van der Waals surface area (Å²) in [6, 6.07) is 13.1. The van der Waals surface area contributed by atoms with Crippen LogP contribution in [0.15, 0.2) is 48.7 Å². The van der Waals surface area contributed by atoms with E-state index in [1.807, 2.05) is 36.4 Å². The first-order chi connectivity index (χ1) is 9.80. The third kappa shape index (κ3) is 2.78. The molecular weight excluding hydrogens is 252 g/mol. The number of rotatable bonds is 4. The molecule has 0 N–H and O–H groups in total. The summed E-state index contributed by atoms with van der Waals surface area (Å²) in [6.45, 7) is 0. The first kappa shape index (κ1) is 13.6. The second-order valence-corrected chi connectivity index (χ2v) is 3.97. The second kappa shape index (κ2) is 6.39. The molecule has 4 nitrogen and oxygen atoms in total. The minimum atomic E-state index is 0.616. The fourth-order valence-electron chi connectivity index (χ4n) is 1.90. The Morgan fingerprint density at radius 3 is 2.55 bits per heavy atom. The van der Waals surface area contributed by atoms with Crippen LogP contribution in [0.2, 0.25) is 0 Å². The van der Waals surface area contributed by atoms with Crippen molar-refractivity contribution in [3.8, 4) is 17.6 Å². The number of allylic oxidation sites excluding steroid dienone is 1. The van der Waals surface area contributed by atoms with Crippen LogP contribution in [0.5, 0.6) is 11.5 Å². The number of pyridine rings is 1. The van der Waals surface area contributed by atoms with Crippen molar-refractivity contribution in [2.45, 2.75) is 0 Å². The number of nitriles is 1. The third-order valence-electron chi connectivity index (χ3n) is 2.84. The summed E-state index contributed by atoms with van der Waals surface area (Å²) in [4.78, 5) is 4.28. The van der Waals surface area contributed by atoms with Gasteiger partial charge in [-0.2, -0.15) is 5.26 Å². The minimum absolute atomic E-state index is 0.616. The van der Waals surface area contributed by atoms with E-state index in [9.17, 15) is 0 Å². The zero-order valence-electron chi connectivity index (χ0n) is 11.3. The van der Waals surface area contributed by atoms with Gasteiger partial charge in [0.05, 0.1) is 26.0 Å². The maximum atomic E-state index is 8.98. The predicted molar refractivity (Wildman–Crippen MR) is 76.5 cm³/mol. The van der Waals surface area contributed by atoms with Gasteiger partial charge in [0.25, 0.3) is 0 Å². The SMILES string of the molecule is COc1ccc(C(=CC#N)c2ccccn2)cc1OC. The Bertz CT molecular complexity index is 658. The summed E-state index contributed by atoms with van der Waals surface area (Å²) in [7, 11) is 3.17. The Morgan fingerprint density at radius 2 is 1.95 bits per heavy atom. The molecule has 2 rings (SSSR count). The summed E-state index contributed by atoms with van der Waals surface area (Å²) < 4.78 is 10.5. The number of hydrogen-bond donors (Lipinski definition) is 0. The number of hydrogen-bond acceptors (Lipinski definition) is 4. The quantitative estimate of drug-likeness (QED) is 0.798. The molecule has 0 aliphatic rings. The second-order valence-electron chi connectivity index (χ2n) is 3.97. The van der Waals surface area contributed by atoms with Gasteiger partial charge in [0.15, 0.2) is 11.5 Å². The van der Waals surface area contributed by atoms with E-state index in [1.54, 1.807) is 20.4 Å². The molecule has 1 aromatic carbocycles. The molecule has 0 saturated carbocycles. The van der Waals surface area contributed by atoms with Gasteiger partial charge in [-0.25, -0.2) is 0 Å². The van der Waals surface area contributed by atoms with Crippen LogP contribution in [0, 0.1) is 11.3 Å². The fraction of sp³-hybridized carbons (Fsp3) is 0.125. The molecule has 1 heterocycles. The van der Waals surface area contributed by atoms with Crippen LogP contribution in [0.1, 0.15) is 11.3 Å². The normalized spacial score (nSPS) is 10.8. The number of aromatic nitrogens is 1. The maximum Gasteiger partial charge on any atom is 0.161 e. The Kier molecular flexibility index (Phi) is 4.35. The molecule has 0 aliphatic carbocycles. The summed E-state index contributed by atoms with van der Waals surface area (Å²) >= 11 is 0. The average Bonchev–Trinajstić information content (AvgIpc) is 2.52. The Labute approximate surface area is 117 Å². The van der Waals surface area contributed by atoms with Crippen molar-refractivity contribution in [2.24, 2.45) is 0 Å². The summed E-state index contributed by atoms with van der Waals surface area (Å²) in [5, 5.41) is 8.98. The lowest BCUT2D eigenvalue weighted by Crippen LogP contribution is -1.95. The lowest BCUT2D eigenvalue weighted by Gasteiger charge is -2.11. The van der Waals surface area contributed by atoms with Crippen molar-refractivity contribution in [2.75, 3.05) is 14.2 Å². The van der Waals surface area contributed by atoms with Crippen LogP contribution in [0.3, 0.4) is 0 Å². The molecule has 0 aliphatic heterocycles. The topological polar surface area (TPSA) is 55.1 Å². The van der Waals surface area contributed by atoms with Gasteiger partial charge in [-0.3, -0.25) is 4.98 Å². The largest absolute Gasteiger partial charge is 0.493 e. The number of methoxy groups -OCH3 is 2. The van der Waals surface area contributed by atoms with E-state index in [4.69, 9.17) is 14.7 Å². The van der Waals surface area contributed by atoms with E-state index in [0.29, 0.717) is 11.5 Å². The van der Waals surface area contributed by atoms with Gasteiger partial charge in [0.2, 0.25) is 0 Å². The predicted octanol–water partition coefficient (Wildman–Crippen LogP) is 3.05. The molecule has 0 fully saturated rings. The highest BCUT2D eigenvalue weighted by molar-refractivity contribution is 5.80. The van der Waals surface area contributed by atoms with Gasteiger partial charge in [0.1, 0.15) is 0 Å². The lowest BCUT2D eigenvalue weighted by atomic mass is 10.0. The van der Waals surface area contributed by atoms with E-state index in [0.717, 1.165) is 16.8 Å². The maximum absolute atomic E-state index is 8.98. The molecule has 0 amide bonds. The molecular formula is C16H14N2O2. The zero-order chi connectivity index (χ0) is 14.4. The van der Waals surface area contributed by atoms with Crippen molar-refractivity contribution in [1.82, 2.24) is 4.98 Å². The molecule has 100 valence electrons. The van der Waals surface area contributed by atoms with Gasteiger partial charge in [-0.1, -0.05) is 12.1 Å². The van der Waals surface area contributed by atoms with Crippen LogP contribution >= 0.6 is 0 Å². The monoisotopic (exact) mass is 266 g/mol. The molecule has 0 spiro atoms. The van der Waals surface area contributed by atoms with E-state index in [1.165, 1.54) is 6.08 Å². The molecule has 20 heavy (non-hydrogen) atoms. The van der Waals surface area contributed by atoms with E-state index in [2.05, 4.69) is 11.1 Å². The van der Waals surface area contributed by atoms with Crippen molar-refractivity contribution in [3.63, 3.8) is 0 Å². The minimum Gasteiger partial charge on any atom is -0.493 e. The summed E-state index contributed by atoms with van der Waals surface area (Å²) in [6.07, 6.45) is 3.17. The molecule has 2 aromatic rings. The van der Waals surface area contributed by atoms with Crippen LogP contribution in [-0.4, -0.2) is 19.2 Å². The molecule has 0 saturated heterocycles. The third-order valence-corrected chi connectivity index (χ3v) is 2.84. The Balaban J connectivity index is 2.52. The zero-order valence-corrected chi connectivity index (χ0v) is 11.3.